The van der Waals surface area contributed by atoms with Crippen LogP contribution in [0.15, 0.2) is 30.3 Å². The Kier molecular flexibility index (Phi) is 4.56. The van der Waals surface area contributed by atoms with Gasteiger partial charge in [-0.1, -0.05) is 43.9 Å². The molecule has 0 spiro atoms. The molecule has 3 rings (SSSR count). The van der Waals surface area contributed by atoms with Gasteiger partial charge in [0.15, 0.2) is 0 Å². The number of amides is 1. The fourth-order valence-corrected chi connectivity index (χ4v) is 3.18. The molecular weight excluding hydrogens is 274 g/mol. The van der Waals surface area contributed by atoms with Crippen LogP contribution in [0.4, 0.5) is 5.69 Å². The van der Waals surface area contributed by atoms with Crippen LogP contribution >= 0.6 is 0 Å². The van der Waals surface area contributed by atoms with E-state index < -0.39 is 0 Å². The zero-order valence-corrected chi connectivity index (χ0v) is 12.8. The number of nitrogen functional groups attached to an aromatic ring is 1. The van der Waals surface area contributed by atoms with Crippen LogP contribution in [-0.2, 0) is 11.2 Å². The van der Waals surface area contributed by atoms with E-state index in [0.717, 1.165) is 29.4 Å². The van der Waals surface area contributed by atoms with Crippen LogP contribution in [0.1, 0.15) is 44.2 Å². The quantitative estimate of drug-likeness (QED) is 0.675. The van der Waals surface area contributed by atoms with Crippen LogP contribution in [0.5, 0.6) is 0 Å². The summed E-state index contributed by atoms with van der Waals surface area (Å²) in [5.41, 5.74) is 8.17. The van der Waals surface area contributed by atoms with Crippen molar-refractivity contribution >= 4 is 22.5 Å². The topological polar surface area (TPSA) is 68.0 Å². The number of hydrogen-bond donors (Lipinski definition) is 2. The van der Waals surface area contributed by atoms with Crippen molar-refractivity contribution in [1.29, 1.82) is 0 Å². The highest BCUT2D eigenvalue weighted by atomic mass is 16.1. The van der Waals surface area contributed by atoms with Crippen molar-refractivity contribution in [3.05, 3.63) is 36.0 Å². The van der Waals surface area contributed by atoms with Gasteiger partial charge >= 0.3 is 0 Å². The molecule has 1 heterocycles. The zero-order chi connectivity index (χ0) is 15.4. The average molecular weight is 297 g/mol. The van der Waals surface area contributed by atoms with Gasteiger partial charge in [0.2, 0.25) is 5.91 Å². The summed E-state index contributed by atoms with van der Waals surface area (Å²) in [7, 11) is 0. The average Bonchev–Trinajstić information content (AvgIpc) is 2.77. The predicted octanol–water partition coefficient (Wildman–Crippen LogP) is 3.20. The van der Waals surface area contributed by atoms with Gasteiger partial charge in [-0.25, -0.2) is 0 Å². The number of nitrogens with one attached hydrogen (secondary N) is 1. The Hall–Kier alpha value is -2.10. The summed E-state index contributed by atoms with van der Waals surface area (Å²) in [4.78, 5) is 16.8. The minimum atomic E-state index is 0.0632. The first-order valence-electron chi connectivity index (χ1n) is 8.16. The van der Waals surface area contributed by atoms with Gasteiger partial charge in [-0.3, -0.25) is 9.78 Å². The number of nitrogens with two attached hydrogens (primary N) is 1. The van der Waals surface area contributed by atoms with Crippen LogP contribution in [-0.4, -0.2) is 16.9 Å². The molecule has 0 radical (unpaired) electrons. The van der Waals surface area contributed by atoms with E-state index in [1.54, 1.807) is 0 Å². The van der Waals surface area contributed by atoms with Gasteiger partial charge in [0.05, 0.1) is 23.3 Å². The second-order valence-electron chi connectivity index (χ2n) is 6.15. The van der Waals surface area contributed by atoms with Crippen molar-refractivity contribution in [2.75, 3.05) is 5.73 Å². The molecule has 4 nitrogen and oxygen atoms in total. The Morgan fingerprint density at radius 2 is 1.91 bits per heavy atom. The van der Waals surface area contributed by atoms with Gasteiger partial charge in [-0.05, 0) is 25.0 Å². The molecule has 22 heavy (non-hydrogen) atoms. The number of para-hydroxylation sites is 1. The van der Waals surface area contributed by atoms with Crippen LogP contribution < -0.4 is 11.1 Å². The number of carbonyl (C=O) groups excluding carboxylic acids is 1. The number of benzene rings is 1. The third kappa shape index (κ3) is 3.56. The maximum absolute atomic E-state index is 12.2. The molecular formula is C18H23N3O. The van der Waals surface area contributed by atoms with Gasteiger partial charge in [-0.2, -0.15) is 0 Å². The molecule has 0 atom stereocenters. The number of fused-ring (bicyclic) bond motifs is 1. The molecule has 1 amide bonds. The standard InChI is InChI=1S/C18H23N3O/c19-16-9-5-6-13-10-11-15(21-18(13)16)12-17(22)20-14-7-3-1-2-4-8-14/h5-6,9-11,14H,1-4,7-8,12,19H2,(H,20,22). The van der Waals surface area contributed by atoms with Crippen molar-refractivity contribution < 1.29 is 4.79 Å². The number of carbonyl (C=O) groups is 1. The number of anilines is 1. The maximum atomic E-state index is 12.2. The minimum absolute atomic E-state index is 0.0632. The number of rotatable bonds is 3. The van der Waals surface area contributed by atoms with Crippen molar-refractivity contribution in [2.45, 2.75) is 51.0 Å². The lowest BCUT2D eigenvalue weighted by Gasteiger charge is -2.16. The molecule has 1 fully saturated rings. The molecule has 0 unspecified atom stereocenters. The molecule has 0 saturated heterocycles. The SMILES string of the molecule is Nc1cccc2ccc(CC(=O)NC3CCCCCC3)nc12. The highest BCUT2D eigenvalue weighted by Crippen LogP contribution is 2.20. The van der Waals surface area contributed by atoms with E-state index in [1.807, 2.05) is 30.3 Å². The van der Waals surface area contributed by atoms with Crippen LogP contribution in [0.25, 0.3) is 10.9 Å². The van der Waals surface area contributed by atoms with Gasteiger partial charge < -0.3 is 11.1 Å². The first-order chi connectivity index (χ1) is 10.7. The first-order valence-corrected chi connectivity index (χ1v) is 8.16. The lowest BCUT2D eigenvalue weighted by Crippen LogP contribution is -2.35. The summed E-state index contributed by atoms with van der Waals surface area (Å²) in [5.74, 6) is 0.0632. The molecule has 2 aromatic rings. The molecule has 116 valence electrons. The molecule has 3 N–H and O–H groups in total. The van der Waals surface area contributed by atoms with Gasteiger partial charge in [0.25, 0.3) is 0 Å². The Balaban J connectivity index is 1.67. The second kappa shape index (κ2) is 6.77. The van der Waals surface area contributed by atoms with Gasteiger partial charge in [0.1, 0.15) is 0 Å². The smallest absolute Gasteiger partial charge is 0.226 e. The second-order valence-corrected chi connectivity index (χ2v) is 6.15. The maximum Gasteiger partial charge on any atom is 0.226 e. The third-order valence-corrected chi connectivity index (χ3v) is 4.37. The summed E-state index contributed by atoms with van der Waals surface area (Å²) >= 11 is 0. The molecule has 1 aromatic carbocycles. The Bertz CT molecular complexity index is 660. The van der Waals surface area contributed by atoms with Crippen molar-refractivity contribution in [1.82, 2.24) is 10.3 Å². The van der Waals surface area contributed by atoms with E-state index in [1.165, 1.54) is 25.7 Å². The lowest BCUT2D eigenvalue weighted by atomic mass is 10.1. The van der Waals surface area contributed by atoms with E-state index in [0.29, 0.717) is 18.2 Å². The lowest BCUT2D eigenvalue weighted by molar-refractivity contribution is -0.121. The van der Waals surface area contributed by atoms with Crippen molar-refractivity contribution in [3.8, 4) is 0 Å². The van der Waals surface area contributed by atoms with Crippen molar-refractivity contribution in [3.63, 3.8) is 0 Å². The molecule has 0 bridgehead atoms. The molecule has 1 aromatic heterocycles. The molecule has 1 saturated carbocycles. The summed E-state index contributed by atoms with van der Waals surface area (Å²) in [5, 5.41) is 4.17. The van der Waals surface area contributed by atoms with E-state index in [4.69, 9.17) is 5.73 Å². The first kappa shape index (κ1) is 14.8. The van der Waals surface area contributed by atoms with Crippen LogP contribution in [0, 0.1) is 0 Å². The molecule has 0 aliphatic heterocycles. The Morgan fingerprint density at radius 1 is 1.14 bits per heavy atom. The molecule has 4 heteroatoms. The Morgan fingerprint density at radius 3 is 2.68 bits per heavy atom. The van der Waals surface area contributed by atoms with E-state index >= 15 is 0 Å². The molecule has 1 aliphatic rings. The highest BCUT2D eigenvalue weighted by Gasteiger charge is 2.15. The van der Waals surface area contributed by atoms with Crippen LogP contribution in [0.3, 0.4) is 0 Å². The minimum Gasteiger partial charge on any atom is -0.397 e. The summed E-state index contributed by atoms with van der Waals surface area (Å²) in [6.45, 7) is 0. The van der Waals surface area contributed by atoms with Gasteiger partial charge in [-0.15, -0.1) is 0 Å². The Labute approximate surface area is 131 Å². The molecule has 1 aliphatic carbocycles. The largest absolute Gasteiger partial charge is 0.397 e. The summed E-state index contributed by atoms with van der Waals surface area (Å²) in [6.07, 6.45) is 7.54. The third-order valence-electron chi connectivity index (χ3n) is 4.37. The van der Waals surface area contributed by atoms with Crippen LogP contribution in [0.2, 0.25) is 0 Å². The van der Waals surface area contributed by atoms with E-state index in [-0.39, 0.29) is 5.91 Å². The number of hydrogen-bond acceptors (Lipinski definition) is 3. The highest BCUT2D eigenvalue weighted by molar-refractivity contribution is 5.89. The zero-order valence-electron chi connectivity index (χ0n) is 12.8. The normalized spacial score (nSPS) is 16.4. The monoisotopic (exact) mass is 297 g/mol. The summed E-state index contributed by atoms with van der Waals surface area (Å²) < 4.78 is 0. The predicted molar refractivity (Wildman–Crippen MR) is 89.5 cm³/mol. The number of aromatic nitrogens is 1. The van der Waals surface area contributed by atoms with E-state index in [2.05, 4.69) is 10.3 Å². The number of pyridine rings is 1. The van der Waals surface area contributed by atoms with Gasteiger partial charge in [0, 0.05) is 11.4 Å². The van der Waals surface area contributed by atoms with E-state index in [9.17, 15) is 4.79 Å². The fourth-order valence-electron chi connectivity index (χ4n) is 3.18. The summed E-state index contributed by atoms with van der Waals surface area (Å²) in [6, 6.07) is 9.96. The fraction of sp³-hybridized carbons (Fsp3) is 0.444. The number of nitrogens with zero attached hydrogens (tertiary/aromatic N) is 1. The van der Waals surface area contributed by atoms with Crippen molar-refractivity contribution in [2.24, 2.45) is 0 Å².